The van der Waals surface area contributed by atoms with E-state index < -0.39 is 0 Å². The van der Waals surface area contributed by atoms with E-state index >= 15 is 0 Å². The average molecular weight is 663 g/mol. The lowest BCUT2D eigenvalue weighted by molar-refractivity contribution is -0.126. The van der Waals surface area contributed by atoms with Crippen LogP contribution < -0.4 is 15.9 Å². The van der Waals surface area contributed by atoms with E-state index in [-0.39, 0.29) is 11.8 Å². The van der Waals surface area contributed by atoms with E-state index in [0.717, 1.165) is 80.3 Å². The van der Waals surface area contributed by atoms with Crippen LogP contribution >= 0.6 is 0 Å². The molecule has 1 amide bonds. The standard InChI is InChI=1S/C40H66N6O2/c1-3-5-7-8-9-10-11-12-13-14-15-16-17-21-29-45-30-26-33(27-31-45)40(47)42-28-20-22-32-48-46-36(25-6-4-2)44-37-38(46)34-23-18-19-24-35(34)43-39(37)41/h18-19,23-24,33H,3-17,20-22,25-32H2,1-2H3,(H2,41,43)(H,42,47). The van der Waals surface area contributed by atoms with Crippen molar-refractivity contribution >= 4 is 33.7 Å². The van der Waals surface area contributed by atoms with Crippen LogP contribution in [0.1, 0.15) is 148 Å². The van der Waals surface area contributed by atoms with Gasteiger partial charge in [-0.1, -0.05) is 122 Å². The Morgan fingerprint density at radius 3 is 2.10 bits per heavy atom. The second-order valence-electron chi connectivity index (χ2n) is 14.2. The molecule has 1 saturated heterocycles. The Balaban J connectivity index is 1.04. The predicted octanol–water partition coefficient (Wildman–Crippen LogP) is 9.03. The van der Waals surface area contributed by atoms with E-state index in [2.05, 4.69) is 35.1 Å². The van der Waals surface area contributed by atoms with Crippen molar-refractivity contribution in [2.75, 3.05) is 38.5 Å². The molecule has 1 aromatic carbocycles. The number of nitrogens with zero attached hydrogens (tertiary/aromatic N) is 4. The van der Waals surface area contributed by atoms with E-state index in [9.17, 15) is 4.79 Å². The van der Waals surface area contributed by atoms with Crippen molar-refractivity contribution in [2.45, 2.75) is 149 Å². The lowest BCUT2D eigenvalue weighted by Gasteiger charge is -2.31. The molecule has 48 heavy (non-hydrogen) atoms. The number of hydrogen-bond acceptors (Lipinski definition) is 6. The molecule has 2 aromatic heterocycles. The van der Waals surface area contributed by atoms with Gasteiger partial charge in [-0.2, -0.15) is 4.73 Å². The number of pyridine rings is 1. The van der Waals surface area contributed by atoms with E-state index in [1.165, 1.54) is 96.4 Å². The second-order valence-corrected chi connectivity index (χ2v) is 14.2. The molecule has 0 spiro atoms. The first-order valence-electron chi connectivity index (χ1n) is 19.8. The van der Waals surface area contributed by atoms with Crippen LogP contribution in [-0.4, -0.2) is 58.3 Å². The topological polar surface area (TPSA) is 98.3 Å². The molecule has 0 aliphatic carbocycles. The molecule has 8 heteroatoms. The zero-order valence-electron chi connectivity index (χ0n) is 30.5. The number of nitrogens with two attached hydrogens (primary N) is 1. The lowest BCUT2D eigenvalue weighted by atomic mass is 9.95. The predicted molar refractivity (Wildman–Crippen MR) is 201 cm³/mol. The molecule has 268 valence electrons. The van der Waals surface area contributed by atoms with Crippen LogP contribution in [0, 0.1) is 5.92 Å². The summed E-state index contributed by atoms with van der Waals surface area (Å²) in [6.45, 7) is 9.01. The molecule has 3 aromatic rings. The summed E-state index contributed by atoms with van der Waals surface area (Å²) < 4.78 is 1.89. The maximum Gasteiger partial charge on any atom is 0.223 e. The third-order valence-corrected chi connectivity index (χ3v) is 10.2. The van der Waals surface area contributed by atoms with Crippen molar-refractivity contribution in [1.29, 1.82) is 0 Å². The number of aryl methyl sites for hydroxylation is 1. The summed E-state index contributed by atoms with van der Waals surface area (Å²) in [5, 5.41) is 4.20. The summed E-state index contributed by atoms with van der Waals surface area (Å²) in [5.74, 6) is 1.71. The summed E-state index contributed by atoms with van der Waals surface area (Å²) in [4.78, 5) is 31.2. The zero-order chi connectivity index (χ0) is 33.8. The third-order valence-electron chi connectivity index (χ3n) is 10.2. The van der Waals surface area contributed by atoms with E-state index in [1.807, 2.05) is 22.9 Å². The number of carbonyl (C=O) groups excluding carboxylic acids is 1. The van der Waals surface area contributed by atoms with Crippen LogP contribution in [-0.2, 0) is 11.2 Å². The molecule has 0 radical (unpaired) electrons. The van der Waals surface area contributed by atoms with Gasteiger partial charge < -0.3 is 20.8 Å². The van der Waals surface area contributed by atoms with Crippen LogP contribution in [0.2, 0.25) is 0 Å². The fraction of sp³-hybridized carbons (Fsp3) is 0.725. The first-order chi connectivity index (χ1) is 23.6. The van der Waals surface area contributed by atoms with Gasteiger partial charge in [-0.15, -0.1) is 0 Å². The highest BCUT2D eigenvalue weighted by atomic mass is 16.7. The van der Waals surface area contributed by atoms with Crippen LogP contribution in [0.15, 0.2) is 24.3 Å². The van der Waals surface area contributed by atoms with Gasteiger partial charge in [-0.05, 0) is 64.2 Å². The second kappa shape index (κ2) is 22.0. The summed E-state index contributed by atoms with van der Waals surface area (Å²) >= 11 is 0. The summed E-state index contributed by atoms with van der Waals surface area (Å²) in [5.41, 5.74) is 8.75. The number of hydrogen-bond donors (Lipinski definition) is 2. The number of anilines is 1. The molecule has 1 aliphatic rings. The minimum Gasteiger partial charge on any atom is -0.412 e. The molecule has 3 N–H and O–H groups in total. The largest absolute Gasteiger partial charge is 0.412 e. The van der Waals surface area contributed by atoms with Crippen LogP contribution in [0.3, 0.4) is 0 Å². The molecule has 0 atom stereocenters. The van der Waals surface area contributed by atoms with E-state index in [4.69, 9.17) is 15.6 Å². The molecular weight excluding hydrogens is 596 g/mol. The van der Waals surface area contributed by atoms with Gasteiger partial charge in [0.25, 0.3) is 0 Å². The Kier molecular flexibility index (Phi) is 17.4. The zero-order valence-corrected chi connectivity index (χ0v) is 30.5. The van der Waals surface area contributed by atoms with Gasteiger partial charge in [0.15, 0.2) is 5.82 Å². The van der Waals surface area contributed by atoms with Crippen molar-refractivity contribution in [3.8, 4) is 0 Å². The van der Waals surface area contributed by atoms with Gasteiger partial charge in [0.05, 0.1) is 5.52 Å². The van der Waals surface area contributed by atoms with Gasteiger partial charge in [0.2, 0.25) is 5.91 Å². The number of benzene rings is 1. The quantitative estimate of drug-likeness (QED) is 0.0879. The Morgan fingerprint density at radius 1 is 0.812 bits per heavy atom. The van der Waals surface area contributed by atoms with Gasteiger partial charge in [0, 0.05) is 24.3 Å². The number of unbranched alkanes of at least 4 members (excludes halogenated alkanes) is 15. The van der Waals surface area contributed by atoms with Crippen LogP contribution in [0.25, 0.3) is 21.9 Å². The molecular formula is C40H66N6O2. The van der Waals surface area contributed by atoms with Crippen molar-refractivity contribution in [1.82, 2.24) is 24.9 Å². The van der Waals surface area contributed by atoms with Crippen molar-refractivity contribution < 1.29 is 9.63 Å². The van der Waals surface area contributed by atoms with Gasteiger partial charge in [-0.3, -0.25) is 4.79 Å². The van der Waals surface area contributed by atoms with Crippen LogP contribution in [0.5, 0.6) is 0 Å². The maximum absolute atomic E-state index is 12.9. The number of imidazole rings is 1. The fourth-order valence-corrected chi connectivity index (χ4v) is 7.14. The number of nitrogens with one attached hydrogen (secondary N) is 1. The average Bonchev–Trinajstić information content (AvgIpc) is 3.48. The highest BCUT2D eigenvalue weighted by Crippen LogP contribution is 2.29. The SMILES string of the molecule is CCCCCCCCCCCCCCCCN1CCC(C(=O)NCCCCOn2c(CCCC)nc3c(N)nc4ccccc4c32)CC1. The number of likely N-dealkylation sites (tertiary alicyclic amines) is 1. The monoisotopic (exact) mass is 663 g/mol. The number of nitrogen functional groups attached to an aromatic ring is 1. The van der Waals surface area contributed by atoms with Crippen LogP contribution in [0.4, 0.5) is 5.82 Å². The molecule has 0 saturated carbocycles. The van der Waals surface area contributed by atoms with Crippen molar-refractivity contribution in [3.05, 3.63) is 30.1 Å². The highest BCUT2D eigenvalue weighted by molar-refractivity contribution is 6.06. The van der Waals surface area contributed by atoms with Crippen molar-refractivity contribution in [3.63, 3.8) is 0 Å². The molecule has 0 unspecified atom stereocenters. The molecule has 0 bridgehead atoms. The number of para-hydroxylation sites is 1. The summed E-state index contributed by atoms with van der Waals surface area (Å²) in [6, 6.07) is 8.01. The number of fused-ring (bicyclic) bond motifs is 3. The Morgan fingerprint density at radius 2 is 1.44 bits per heavy atom. The molecule has 3 heterocycles. The number of aromatic nitrogens is 3. The Hall–Kier alpha value is -2.87. The van der Waals surface area contributed by atoms with Gasteiger partial charge >= 0.3 is 0 Å². The first-order valence-corrected chi connectivity index (χ1v) is 19.8. The highest BCUT2D eigenvalue weighted by Gasteiger charge is 2.24. The van der Waals surface area contributed by atoms with E-state index in [1.54, 1.807) is 0 Å². The normalized spacial score (nSPS) is 14.3. The number of rotatable bonds is 25. The minimum atomic E-state index is 0.152. The Bertz CT molecular complexity index is 1330. The summed E-state index contributed by atoms with van der Waals surface area (Å²) in [7, 11) is 0. The molecule has 1 fully saturated rings. The summed E-state index contributed by atoms with van der Waals surface area (Å²) in [6.07, 6.45) is 26.3. The third kappa shape index (κ3) is 12.2. The van der Waals surface area contributed by atoms with Crippen molar-refractivity contribution in [2.24, 2.45) is 5.92 Å². The molecule has 8 nitrogen and oxygen atoms in total. The maximum atomic E-state index is 12.9. The number of piperidine rings is 1. The van der Waals surface area contributed by atoms with Gasteiger partial charge in [0.1, 0.15) is 23.5 Å². The number of amides is 1. The Labute approximate surface area is 290 Å². The van der Waals surface area contributed by atoms with E-state index in [0.29, 0.717) is 24.5 Å². The number of carbonyl (C=O) groups is 1. The fourth-order valence-electron chi connectivity index (χ4n) is 7.14. The first kappa shape index (κ1) is 37.9. The van der Waals surface area contributed by atoms with Gasteiger partial charge in [-0.25, -0.2) is 9.97 Å². The minimum absolute atomic E-state index is 0.152. The smallest absolute Gasteiger partial charge is 0.223 e. The molecule has 1 aliphatic heterocycles. The molecule has 4 rings (SSSR count). The lowest BCUT2D eigenvalue weighted by Crippen LogP contribution is -2.41.